The van der Waals surface area contributed by atoms with Crippen LogP contribution in [0.4, 0.5) is 13.2 Å². The number of halogens is 3. The number of carbonyl (C=O) groups is 2. The number of ether oxygens (including phenoxy) is 1. The van der Waals surface area contributed by atoms with Gasteiger partial charge in [-0.2, -0.15) is 13.2 Å². The van der Waals surface area contributed by atoms with E-state index in [0.717, 1.165) is 37.7 Å². The standard InChI is InChI=1S/C19H23N3O3.C2HF3O2/c23-19(21-8-16-5-3-7-25-16)18-13-24-12-14-9-22(11-17(14)18)10-15-4-1-2-6-20-15;3-2(4,5)1(6)7/h1-7,14,17-18H,8-13H2,(H,21,23);(H,6,7)/t14-,17-,18+;/m1./s1. The predicted molar refractivity (Wildman–Crippen MR) is 105 cm³/mol. The van der Waals surface area contributed by atoms with Gasteiger partial charge in [0, 0.05) is 25.8 Å². The molecule has 2 aromatic heterocycles. The van der Waals surface area contributed by atoms with Gasteiger partial charge in [-0.1, -0.05) is 6.07 Å². The van der Waals surface area contributed by atoms with Crippen molar-refractivity contribution in [3.8, 4) is 0 Å². The zero-order valence-corrected chi connectivity index (χ0v) is 17.1. The van der Waals surface area contributed by atoms with Gasteiger partial charge in [0.1, 0.15) is 5.76 Å². The molecule has 0 saturated carbocycles. The topological polar surface area (TPSA) is 105 Å². The van der Waals surface area contributed by atoms with Crippen molar-refractivity contribution in [2.24, 2.45) is 17.8 Å². The highest BCUT2D eigenvalue weighted by Gasteiger charge is 2.43. The lowest BCUT2D eigenvalue weighted by Crippen LogP contribution is -2.44. The maximum absolute atomic E-state index is 12.6. The number of nitrogens with zero attached hydrogens (tertiary/aromatic N) is 2. The second-order valence-electron chi connectivity index (χ2n) is 7.68. The van der Waals surface area contributed by atoms with E-state index in [4.69, 9.17) is 19.1 Å². The molecule has 174 valence electrons. The van der Waals surface area contributed by atoms with Gasteiger partial charge in [-0.3, -0.25) is 14.7 Å². The summed E-state index contributed by atoms with van der Waals surface area (Å²) in [6.45, 7) is 4.38. The number of hydrogen-bond donors (Lipinski definition) is 2. The van der Waals surface area contributed by atoms with Gasteiger partial charge in [-0.05, 0) is 36.1 Å². The van der Waals surface area contributed by atoms with Crippen molar-refractivity contribution in [3.05, 3.63) is 54.2 Å². The lowest BCUT2D eigenvalue weighted by molar-refractivity contribution is -0.192. The smallest absolute Gasteiger partial charge is 0.475 e. The number of carbonyl (C=O) groups excluding carboxylic acids is 1. The van der Waals surface area contributed by atoms with Crippen LogP contribution < -0.4 is 5.32 Å². The fraction of sp³-hybridized carbons (Fsp3) is 0.476. The molecule has 32 heavy (non-hydrogen) atoms. The molecule has 2 saturated heterocycles. The first kappa shape index (κ1) is 23.7. The molecule has 1 amide bonds. The molecular formula is C21H24F3N3O5. The summed E-state index contributed by atoms with van der Waals surface area (Å²) >= 11 is 0. The SMILES string of the molecule is O=C(NCc1ccco1)[C@H]1COC[C@H]2CN(Cc3ccccn3)C[C@H]21.O=C(O)C(F)(F)F. The third kappa shape index (κ3) is 6.54. The minimum atomic E-state index is -5.08. The van der Waals surface area contributed by atoms with Gasteiger partial charge in [0.15, 0.2) is 0 Å². The summed E-state index contributed by atoms with van der Waals surface area (Å²) < 4.78 is 42.7. The second-order valence-corrected chi connectivity index (χ2v) is 7.68. The van der Waals surface area contributed by atoms with E-state index < -0.39 is 12.1 Å². The zero-order chi connectivity index (χ0) is 23.1. The van der Waals surface area contributed by atoms with Crippen molar-refractivity contribution < 1.29 is 37.0 Å². The molecular weight excluding hydrogens is 431 g/mol. The van der Waals surface area contributed by atoms with Crippen LogP contribution in [0.15, 0.2) is 47.2 Å². The number of aromatic nitrogens is 1. The van der Waals surface area contributed by atoms with Crippen LogP contribution in [-0.2, 0) is 27.4 Å². The molecule has 0 unspecified atom stereocenters. The average molecular weight is 455 g/mol. The van der Waals surface area contributed by atoms with Crippen LogP contribution in [0.2, 0.25) is 0 Å². The van der Waals surface area contributed by atoms with Crippen LogP contribution in [0.1, 0.15) is 11.5 Å². The minimum Gasteiger partial charge on any atom is -0.475 e. The van der Waals surface area contributed by atoms with Gasteiger partial charge in [-0.25, -0.2) is 4.79 Å². The van der Waals surface area contributed by atoms with E-state index >= 15 is 0 Å². The normalized spacial score (nSPS) is 23.0. The second kappa shape index (κ2) is 10.6. The molecule has 2 N–H and O–H groups in total. The van der Waals surface area contributed by atoms with Crippen LogP contribution in [0, 0.1) is 17.8 Å². The molecule has 2 fully saturated rings. The van der Waals surface area contributed by atoms with Gasteiger partial charge in [0.2, 0.25) is 5.91 Å². The number of likely N-dealkylation sites (tertiary alicyclic amines) is 1. The van der Waals surface area contributed by atoms with Crippen LogP contribution in [-0.4, -0.2) is 59.3 Å². The highest BCUT2D eigenvalue weighted by molar-refractivity contribution is 5.79. The van der Waals surface area contributed by atoms with Crippen molar-refractivity contribution in [3.63, 3.8) is 0 Å². The average Bonchev–Trinajstić information content (AvgIpc) is 3.41. The van der Waals surface area contributed by atoms with Crippen LogP contribution in [0.3, 0.4) is 0 Å². The Morgan fingerprint density at radius 2 is 1.97 bits per heavy atom. The lowest BCUT2D eigenvalue weighted by Gasteiger charge is -2.31. The minimum absolute atomic E-state index is 0.0609. The number of amides is 1. The molecule has 0 aliphatic carbocycles. The summed E-state index contributed by atoms with van der Waals surface area (Å²) in [6, 6.07) is 9.68. The van der Waals surface area contributed by atoms with Gasteiger partial charge < -0.3 is 19.6 Å². The molecule has 8 nitrogen and oxygen atoms in total. The zero-order valence-electron chi connectivity index (χ0n) is 17.1. The van der Waals surface area contributed by atoms with E-state index in [-0.39, 0.29) is 11.8 Å². The van der Waals surface area contributed by atoms with Crippen molar-refractivity contribution in [1.29, 1.82) is 0 Å². The Bertz CT molecular complexity index is 877. The molecule has 0 radical (unpaired) electrons. The summed E-state index contributed by atoms with van der Waals surface area (Å²) in [5.74, 6) is -1.27. The number of hydrogen-bond acceptors (Lipinski definition) is 6. The van der Waals surface area contributed by atoms with Crippen LogP contribution in [0.5, 0.6) is 0 Å². The van der Waals surface area contributed by atoms with Crippen LogP contribution >= 0.6 is 0 Å². The number of fused-ring (bicyclic) bond motifs is 1. The van der Waals surface area contributed by atoms with Crippen molar-refractivity contribution in [1.82, 2.24) is 15.2 Å². The molecule has 2 aliphatic rings. The third-order valence-corrected chi connectivity index (χ3v) is 5.42. The fourth-order valence-corrected chi connectivity index (χ4v) is 3.93. The van der Waals surface area contributed by atoms with E-state index in [2.05, 4.69) is 15.2 Å². The summed E-state index contributed by atoms with van der Waals surface area (Å²) in [5.41, 5.74) is 1.07. The summed E-state index contributed by atoms with van der Waals surface area (Å²) in [7, 11) is 0. The van der Waals surface area contributed by atoms with E-state index in [0.29, 0.717) is 25.0 Å². The highest BCUT2D eigenvalue weighted by atomic mass is 19.4. The molecule has 11 heteroatoms. The number of carboxylic acids is 1. The number of carboxylic acid groups (broad SMARTS) is 1. The molecule has 0 spiro atoms. The molecule has 2 aliphatic heterocycles. The first-order valence-electron chi connectivity index (χ1n) is 10.0. The Balaban J connectivity index is 0.000000360. The highest BCUT2D eigenvalue weighted by Crippen LogP contribution is 2.34. The third-order valence-electron chi connectivity index (χ3n) is 5.42. The monoisotopic (exact) mass is 455 g/mol. The van der Waals surface area contributed by atoms with E-state index in [9.17, 15) is 18.0 Å². The molecule has 0 bridgehead atoms. The quantitative estimate of drug-likeness (QED) is 0.713. The Hall–Kier alpha value is -2.92. The molecule has 4 heterocycles. The van der Waals surface area contributed by atoms with Crippen molar-refractivity contribution in [2.45, 2.75) is 19.3 Å². The summed E-state index contributed by atoms with van der Waals surface area (Å²) in [5, 5.41) is 10.1. The first-order valence-corrected chi connectivity index (χ1v) is 10.0. The largest absolute Gasteiger partial charge is 0.490 e. The Labute approximate surface area is 182 Å². The maximum atomic E-state index is 12.6. The molecule has 3 atom stereocenters. The van der Waals surface area contributed by atoms with E-state index in [1.807, 2.05) is 36.5 Å². The number of rotatable bonds is 5. The number of nitrogens with one attached hydrogen (secondary N) is 1. The molecule has 2 aromatic rings. The number of furan rings is 1. The number of pyridine rings is 1. The number of aliphatic carboxylic acids is 1. The Kier molecular flexibility index (Phi) is 7.86. The molecule has 4 rings (SSSR count). The summed E-state index contributed by atoms with van der Waals surface area (Å²) in [4.78, 5) is 28.3. The first-order chi connectivity index (χ1) is 15.2. The maximum Gasteiger partial charge on any atom is 0.490 e. The van der Waals surface area contributed by atoms with Crippen molar-refractivity contribution >= 4 is 11.9 Å². The fourth-order valence-electron chi connectivity index (χ4n) is 3.93. The Morgan fingerprint density at radius 1 is 1.19 bits per heavy atom. The van der Waals surface area contributed by atoms with E-state index in [1.54, 1.807) is 6.26 Å². The summed E-state index contributed by atoms with van der Waals surface area (Å²) in [6.07, 6.45) is -1.64. The van der Waals surface area contributed by atoms with Gasteiger partial charge in [0.25, 0.3) is 0 Å². The van der Waals surface area contributed by atoms with Gasteiger partial charge >= 0.3 is 12.1 Å². The van der Waals surface area contributed by atoms with Crippen LogP contribution in [0.25, 0.3) is 0 Å². The molecule has 0 aromatic carbocycles. The number of alkyl halides is 3. The van der Waals surface area contributed by atoms with Gasteiger partial charge in [-0.15, -0.1) is 0 Å². The lowest BCUT2D eigenvalue weighted by atomic mass is 9.82. The van der Waals surface area contributed by atoms with E-state index in [1.165, 1.54) is 0 Å². The predicted octanol–water partition coefficient (Wildman–Crippen LogP) is 2.32. The Morgan fingerprint density at radius 3 is 2.59 bits per heavy atom. The van der Waals surface area contributed by atoms with Gasteiger partial charge in [0.05, 0.1) is 37.6 Å². The van der Waals surface area contributed by atoms with Crippen molar-refractivity contribution in [2.75, 3.05) is 26.3 Å².